The van der Waals surface area contributed by atoms with Crippen LogP contribution >= 0.6 is 0 Å². The molecule has 1 nitrogen and oxygen atoms in total. The number of hydrogen-bond acceptors (Lipinski definition) is 1. The fraction of sp³-hybridized carbons (Fsp3) is 1.00. The Hall–Kier alpha value is -0.530. The third-order valence-corrected chi connectivity index (χ3v) is 1.40. The van der Waals surface area contributed by atoms with Gasteiger partial charge in [-0.05, 0) is 0 Å². The van der Waals surface area contributed by atoms with Crippen LogP contribution < -0.4 is 0 Å². The van der Waals surface area contributed by atoms with Gasteiger partial charge in [0.15, 0.2) is 6.17 Å². The predicted molar refractivity (Wildman–Crippen MR) is 32.6 cm³/mol. The monoisotopic (exact) mass is 228 g/mol. The van der Waals surface area contributed by atoms with Gasteiger partial charge in [0, 0.05) is 7.11 Å². The van der Waals surface area contributed by atoms with Crippen LogP contribution in [-0.4, -0.2) is 38.2 Å². The standard InChI is InChI=1S/C6H7F7O/c1-14-5(11)6(12,13)3(8)2(7)4(9)10/h2-5H,1H3. The molecule has 3 unspecified atom stereocenters. The maximum absolute atomic E-state index is 12.4. The lowest BCUT2D eigenvalue weighted by molar-refractivity contribution is -0.231. The Balaban J connectivity index is 4.56. The maximum atomic E-state index is 12.4. The fourth-order valence-electron chi connectivity index (χ4n) is 0.622. The lowest BCUT2D eigenvalue weighted by Gasteiger charge is -2.24. The van der Waals surface area contributed by atoms with Crippen molar-refractivity contribution in [1.82, 2.24) is 0 Å². The van der Waals surface area contributed by atoms with E-state index in [1.54, 1.807) is 0 Å². The Labute approximate surface area is 74.8 Å². The van der Waals surface area contributed by atoms with Crippen LogP contribution in [0.25, 0.3) is 0 Å². The SMILES string of the molecule is COC(F)C(F)(F)C(F)C(F)C(F)F. The van der Waals surface area contributed by atoms with Crippen molar-refractivity contribution >= 4 is 0 Å². The molecule has 0 aromatic carbocycles. The molecule has 14 heavy (non-hydrogen) atoms. The largest absolute Gasteiger partial charge is 0.347 e. The van der Waals surface area contributed by atoms with Gasteiger partial charge in [-0.25, -0.2) is 22.0 Å². The van der Waals surface area contributed by atoms with Gasteiger partial charge in [0.25, 0.3) is 12.8 Å². The number of rotatable bonds is 5. The van der Waals surface area contributed by atoms with Gasteiger partial charge in [0.1, 0.15) is 0 Å². The molecule has 0 rings (SSSR count). The first-order valence-electron chi connectivity index (χ1n) is 3.36. The van der Waals surface area contributed by atoms with Gasteiger partial charge >= 0.3 is 5.92 Å². The first kappa shape index (κ1) is 13.5. The summed E-state index contributed by atoms with van der Waals surface area (Å²) in [6, 6.07) is 0. The molecule has 0 saturated carbocycles. The number of ether oxygens (including phenoxy) is 1. The molecule has 0 heterocycles. The van der Waals surface area contributed by atoms with Crippen LogP contribution in [0.15, 0.2) is 0 Å². The molecule has 0 radical (unpaired) electrons. The summed E-state index contributed by atoms with van der Waals surface area (Å²) in [5, 5.41) is 0. The second kappa shape index (κ2) is 4.81. The minimum atomic E-state index is -4.94. The van der Waals surface area contributed by atoms with E-state index >= 15 is 0 Å². The van der Waals surface area contributed by atoms with Crippen molar-refractivity contribution in [2.45, 2.75) is 31.0 Å². The van der Waals surface area contributed by atoms with Gasteiger partial charge in [0.2, 0.25) is 6.17 Å². The van der Waals surface area contributed by atoms with Gasteiger partial charge in [-0.1, -0.05) is 0 Å². The summed E-state index contributed by atoms with van der Waals surface area (Å²) in [6.07, 6.45) is -15.1. The molecule has 0 aromatic heterocycles. The summed E-state index contributed by atoms with van der Waals surface area (Å²) in [7, 11) is 0.473. The van der Waals surface area contributed by atoms with Crippen molar-refractivity contribution in [2.75, 3.05) is 7.11 Å². The Bertz CT molecular complexity index is 174. The van der Waals surface area contributed by atoms with Crippen LogP contribution in [0.4, 0.5) is 30.7 Å². The molecule has 0 N–H and O–H groups in total. The molecule has 0 aromatic rings. The van der Waals surface area contributed by atoms with Crippen molar-refractivity contribution in [3.8, 4) is 0 Å². The molecule has 0 spiro atoms. The van der Waals surface area contributed by atoms with E-state index in [1.165, 1.54) is 0 Å². The Morgan fingerprint density at radius 1 is 1.00 bits per heavy atom. The van der Waals surface area contributed by atoms with Crippen molar-refractivity contribution in [3.05, 3.63) is 0 Å². The zero-order valence-corrected chi connectivity index (χ0v) is 6.86. The van der Waals surface area contributed by atoms with Crippen LogP contribution in [0.3, 0.4) is 0 Å². The van der Waals surface area contributed by atoms with Crippen LogP contribution in [0.2, 0.25) is 0 Å². The molecule has 0 bridgehead atoms. The molecule has 3 atom stereocenters. The number of halogens is 7. The third kappa shape index (κ3) is 2.73. The maximum Gasteiger partial charge on any atom is 0.336 e. The quantitative estimate of drug-likeness (QED) is 0.657. The van der Waals surface area contributed by atoms with E-state index in [1.807, 2.05) is 0 Å². The van der Waals surface area contributed by atoms with E-state index in [2.05, 4.69) is 4.74 Å². The summed E-state index contributed by atoms with van der Waals surface area (Å²) >= 11 is 0. The smallest absolute Gasteiger partial charge is 0.336 e. The van der Waals surface area contributed by atoms with E-state index in [0.29, 0.717) is 7.11 Å². The molecule has 0 aliphatic carbocycles. The Kier molecular flexibility index (Phi) is 4.63. The number of alkyl halides is 7. The van der Waals surface area contributed by atoms with Gasteiger partial charge in [-0.2, -0.15) is 8.78 Å². The zero-order chi connectivity index (χ0) is 11.5. The molecule has 0 fully saturated rings. The van der Waals surface area contributed by atoms with Gasteiger partial charge in [0.05, 0.1) is 0 Å². The van der Waals surface area contributed by atoms with Crippen LogP contribution in [0.1, 0.15) is 0 Å². The summed E-state index contributed by atoms with van der Waals surface area (Å²) in [5.41, 5.74) is 0. The van der Waals surface area contributed by atoms with Crippen molar-refractivity contribution in [2.24, 2.45) is 0 Å². The first-order chi connectivity index (χ1) is 6.25. The first-order valence-corrected chi connectivity index (χ1v) is 3.36. The minimum absolute atomic E-state index is 0.473. The van der Waals surface area contributed by atoms with Crippen molar-refractivity contribution in [1.29, 1.82) is 0 Å². The molecular formula is C6H7F7O. The summed E-state index contributed by atoms with van der Waals surface area (Å²) < 4.78 is 87.7. The minimum Gasteiger partial charge on any atom is -0.347 e. The predicted octanol–water partition coefficient (Wildman–Crippen LogP) is 2.51. The Morgan fingerprint density at radius 2 is 1.43 bits per heavy atom. The molecule has 8 heteroatoms. The van der Waals surface area contributed by atoms with Crippen molar-refractivity contribution in [3.63, 3.8) is 0 Å². The lowest BCUT2D eigenvalue weighted by Crippen LogP contribution is -2.47. The average molecular weight is 228 g/mol. The van der Waals surface area contributed by atoms with E-state index in [4.69, 9.17) is 0 Å². The van der Waals surface area contributed by atoms with Crippen molar-refractivity contribution < 1.29 is 35.5 Å². The van der Waals surface area contributed by atoms with Gasteiger partial charge in [-0.3, -0.25) is 0 Å². The second-order valence-corrected chi connectivity index (χ2v) is 2.41. The number of hydrogen-bond donors (Lipinski definition) is 0. The highest BCUT2D eigenvalue weighted by Crippen LogP contribution is 2.33. The van der Waals surface area contributed by atoms with E-state index in [0.717, 1.165) is 0 Å². The zero-order valence-electron chi connectivity index (χ0n) is 6.86. The van der Waals surface area contributed by atoms with Crippen LogP contribution in [0, 0.1) is 0 Å². The van der Waals surface area contributed by atoms with E-state index in [9.17, 15) is 30.7 Å². The van der Waals surface area contributed by atoms with E-state index in [-0.39, 0.29) is 0 Å². The highest BCUT2D eigenvalue weighted by molar-refractivity contribution is 4.86. The van der Waals surface area contributed by atoms with Crippen LogP contribution in [0.5, 0.6) is 0 Å². The molecule has 0 saturated heterocycles. The van der Waals surface area contributed by atoms with Crippen LogP contribution in [-0.2, 0) is 4.74 Å². The highest BCUT2D eigenvalue weighted by Gasteiger charge is 2.55. The Morgan fingerprint density at radius 3 is 1.71 bits per heavy atom. The normalized spacial score (nSPS) is 19.5. The molecular weight excluding hydrogens is 221 g/mol. The molecule has 86 valence electrons. The van der Waals surface area contributed by atoms with E-state index < -0.39 is 31.0 Å². The highest BCUT2D eigenvalue weighted by atomic mass is 19.3. The molecule has 0 amide bonds. The third-order valence-electron chi connectivity index (χ3n) is 1.40. The topological polar surface area (TPSA) is 9.23 Å². The molecule has 0 aliphatic rings. The fourth-order valence-corrected chi connectivity index (χ4v) is 0.622. The lowest BCUT2D eigenvalue weighted by atomic mass is 10.1. The summed E-state index contributed by atoms with van der Waals surface area (Å²) in [4.78, 5) is 0. The molecule has 0 aliphatic heterocycles. The van der Waals surface area contributed by atoms with Gasteiger partial charge in [-0.15, -0.1) is 0 Å². The summed E-state index contributed by atoms with van der Waals surface area (Å²) in [5.74, 6) is -4.94. The second-order valence-electron chi connectivity index (χ2n) is 2.41. The summed E-state index contributed by atoms with van der Waals surface area (Å²) in [6.45, 7) is 0. The average Bonchev–Trinajstić information content (AvgIpc) is 2.13. The number of methoxy groups -OCH3 is 1. The van der Waals surface area contributed by atoms with Gasteiger partial charge < -0.3 is 4.74 Å².